The van der Waals surface area contributed by atoms with Gasteiger partial charge in [0.1, 0.15) is 0 Å². The molecular weight excluding hydrogens is 322 g/mol. The Morgan fingerprint density at radius 3 is 2.95 bits per heavy atom. The summed E-state index contributed by atoms with van der Waals surface area (Å²) < 4.78 is 6.26. The number of furan rings is 1. The van der Waals surface area contributed by atoms with Crippen molar-refractivity contribution in [2.75, 3.05) is 12.3 Å². The van der Waals surface area contributed by atoms with Crippen molar-refractivity contribution in [2.45, 2.75) is 24.3 Å². The lowest BCUT2D eigenvalue weighted by atomic mass is 10.1. The fraction of sp³-hybridized carbons (Fsp3) is 0.333. The van der Waals surface area contributed by atoms with Crippen molar-refractivity contribution in [3.8, 4) is 0 Å². The third-order valence-corrected chi connectivity index (χ3v) is 4.45. The van der Waals surface area contributed by atoms with Crippen LogP contribution in [0.2, 0.25) is 0 Å². The van der Waals surface area contributed by atoms with E-state index >= 15 is 0 Å². The van der Waals surface area contributed by atoms with Crippen LogP contribution >= 0.6 is 27.7 Å². The maximum atomic E-state index is 5.13. The molecular formula is C15H18BrNOS. The minimum Gasteiger partial charge on any atom is -0.472 e. The van der Waals surface area contributed by atoms with E-state index in [0.29, 0.717) is 6.04 Å². The normalized spacial score (nSPS) is 12.5. The van der Waals surface area contributed by atoms with E-state index in [1.165, 1.54) is 10.5 Å². The van der Waals surface area contributed by atoms with E-state index in [-0.39, 0.29) is 0 Å². The Kier molecular flexibility index (Phi) is 6.01. The fourth-order valence-electron chi connectivity index (χ4n) is 1.93. The number of likely N-dealkylation sites (N-methyl/N-ethyl adjacent to an activating group) is 1. The van der Waals surface area contributed by atoms with Crippen LogP contribution in [0, 0.1) is 0 Å². The summed E-state index contributed by atoms with van der Waals surface area (Å²) in [6, 6.07) is 10.9. The molecule has 0 fully saturated rings. The molecule has 1 unspecified atom stereocenters. The van der Waals surface area contributed by atoms with Crippen molar-refractivity contribution in [3.05, 3.63) is 52.9 Å². The highest BCUT2D eigenvalue weighted by Crippen LogP contribution is 2.23. The summed E-state index contributed by atoms with van der Waals surface area (Å²) in [7, 11) is 0. The number of hydrogen-bond donors (Lipinski definition) is 1. The first-order chi connectivity index (χ1) is 9.28. The van der Waals surface area contributed by atoms with E-state index in [4.69, 9.17) is 4.42 Å². The Morgan fingerprint density at radius 2 is 2.26 bits per heavy atom. The first-order valence-corrected chi connectivity index (χ1v) is 8.18. The van der Waals surface area contributed by atoms with Crippen LogP contribution in [-0.4, -0.2) is 18.3 Å². The number of nitrogens with one attached hydrogen (secondary N) is 1. The van der Waals surface area contributed by atoms with Gasteiger partial charge in [-0.3, -0.25) is 0 Å². The van der Waals surface area contributed by atoms with E-state index in [9.17, 15) is 0 Å². The molecule has 0 saturated carbocycles. The summed E-state index contributed by atoms with van der Waals surface area (Å²) in [6.45, 7) is 3.13. The molecule has 2 nitrogen and oxygen atoms in total. The maximum Gasteiger partial charge on any atom is 0.0935 e. The SMILES string of the molecule is CCNC(CSc1cccc(Br)c1)Cc1ccoc1. The second-order valence-corrected chi connectivity index (χ2v) is 6.37. The second-order valence-electron chi connectivity index (χ2n) is 4.36. The van der Waals surface area contributed by atoms with Gasteiger partial charge in [0.2, 0.25) is 0 Å². The van der Waals surface area contributed by atoms with E-state index in [2.05, 4.69) is 52.4 Å². The fourth-order valence-corrected chi connectivity index (χ4v) is 3.49. The molecule has 4 heteroatoms. The van der Waals surface area contributed by atoms with Crippen molar-refractivity contribution in [2.24, 2.45) is 0 Å². The van der Waals surface area contributed by atoms with E-state index in [0.717, 1.165) is 23.2 Å². The van der Waals surface area contributed by atoms with Gasteiger partial charge in [0, 0.05) is 21.2 Å². The molecule has 0 bridgehead atoms. The third-order valence-electron chi connectivity index (χ3n) is 2.80. The lowest BCUT2D eigenvalue weighted by molar-refractivity contribution is 0.547. The zero-order chi connectivity index (χ0) is 13.5. The van der Waals surface area contributed by atoms with Gasteiger partial charge in [0.15, 0.2) is 0 Å². The van der Waals surface area contributed by atoms with Crippen molar-refractivity contribution in [3.63, 3.8) is 0 Å². The standard InChI is InChI=1S/C15H18BrNOS/c1-2-17-14(8-12-6-7-18-10-12)11-19-15-5-3-4-13(16)9-15/h3-7,9-10,14,17H,2,8,11H2,1H3. The first-order valence-electron chi connectivity index (χ1n) is 6.40. The molecule has 2 aromatic rings. The van der Waals surface area contributed by atoms with Crippen LogP contribution in [0.25, 0.3) is 0 Å². The number of thioether (sulfide) groups is 1. The van der Waals surface area contributed by atoms with Gasteiger partial charge in [0.05, 0.1) is 12.5 Å². The average molecular weight is 340 g/mol. The van der Waals surface area contributed by atoms with Gasteiger partial charge in [-0.1, -0.05) is 28.9 Å². The zero-order valence-corrected chi connectivity index (χ0v) is 13.3. The van der Waals surface area contributed by atoms with Crippen LogP contribution in [0.3, 0.4) is 0 Å². The number of hydrogen-bond acceptors (Lipinski definition) is 3. The molecule has 1 aromatic carbocycles. The van der Waals surface area contributed by atoms with E-state index < -0.39 is 0 Å². The minimum atomic E-state index is 0.464. The summed E-state index contributed by atoms with van der Waals surface area (Å²) in [5.74, 6) is 1.05. The minimum absolute atomic E-state index is 0.464. The molecule has 2 rings (SSSR count). The maximum absolute atomic E-state index is 5.13. The summed E-state index contributed by atoms with van der Waals surface area (Å²) in [6.07, 6.45) is 4.57. The Morgan fingerprint density at radius 1 is 1.37 bits per heavy atom. The zero-order valence-electron chi connectivity index (χ0n) is 10.9. The van der Waals surface area contributed by atoms with Crippen LogP contribution in [0.5, 0.6) is 0 Å². The first kappa shape index (κ1) is 14.7. The Hall–Kier alpha value is -0.710. The number of benzene rings is 1. The molecule has 0 radical (unpaired) electrons. The molecule has 0 amide bonds. The van der Waals surface area contributed by atoms with Gasteiger partial charge in [-0.25, -0.2) is 0 Å². The van der Waals surface area contributed by atoms with Crippen LogP contribution in [-0.2, 0) is 6.42 Å². The monoisotopic (exact) mass is 339 g/mol. The molecule has 0 aliphatic carbocycles. The summed E-state index contributed by atoms with van der Waals surface area (Å²) >= 11 is 5.39. The van der Waals surface area contributed by atoms with Crippen LogP contribution in [0.4, 0.5) is 0 Å². The second kappa shape index (κ2) is 7.78. The molecule has 19 heavy (non-hydrogen) atoms. The topological polar surface area (TPSA) is 25.2 Å². The van der Waals surface area contributed by atoms with Crippen LogP contribution < -0.4 is 5.32 Å². The smallest absolute Gasteiger partial charge is 0.0935 e. The Bertz CT molecular complexity index is 487. The predicted molar refractivity (Wildman–Crippen MR) is 84.7 cm³/mol. The molecule has 1 heterocycles. The lowest BCUT2D eigenvalue weighted by Crippen LogP contribution is -2.33. The van der Waals surface area contributed by atoms with E-state index in [1.807, 2.05) is 24.1 Å². The van der Waals surface area contributed by atoms with Crippen LogP contribution in [0.15, 0.2) is 56.6 Å². The highest BCUT2D eigenvalue weighted by Gasteiger charge is 2.10. The van der Waals surface area contributed by atoms with Crippen molar-refractivity contribution >= 4 is 27.7 Å². The number of halogens is 1. The molecule has 1 aromatic heterocycles. The van der Waals surface area contributed by atoms with Gasteiger partial charge in [-0.15, -0.1) is 11.8 Å². The van der Waals surface area contributed by atoms with Crippen molar-refractivity contribution in [1.82, 2.24) is 5.32 Å². The number of rotatable bonds is 7. The van der Waals surface area contributed by atoms with Gasteiger partial charge in [0.25, 0.3) is 0 Å². The summed E-state index contributed by atoms with van der Waals surface area (Å²) in [4.78, 5) is 1.30. The Labute approximate surface area is 127 Å². The molecule has 0 aliphatic rings. The third kappa shape index (κ3) is 5.05. The molecule has 0 saturated heterocycles. The lowest BCUT2D eigenvalue weighted by Gasteiger charge is -2.16. The summed E-state index contributed by atoms with van der Waals surface area (Å²) in [5.41, 5.74) is 1.25. The predicted octanol–water partition coefficient (Wildman–Crippen LogP) is 4.36. The largest absolute Gasteiger partial charge is 0.472 e. The van der Waals surface area contributed by atoms with Gasteiger partial charge in [-0.05, 0) is 42.8 Å². The Balaban J connectivity index is 1.89. The molecule has 0 spiro atoms. The molecule has 1 atom stereocenters. The average Bonchev–Trinajstić information content (AvgIpc) is 2.89. The van der Waals surface area contributed by atoms with Crippen molar-refractivity contribution in [1.29, 1.82) is 0 Å². The van der Waals surface area contributed by atoms with Gasteiger partial charge in [-0.2, -0.15) is 0 Å². The molecule has 0 aliphatic heterocycles. The van der Waals surface area contributed by atoms with Crippen LogP contribution in [0.1, 0.15) is 12.5 Å². The molecule has 1 N–H and O–H groups in total. The molecule has 102 valence electrons. The van der Waals surface area contributed by atoms with Crippen molar-refractivity contribution < 1.29 is 4.42 Å². The van der Waals surface area contributed by atoms with Gasteiger partial charge < -0.3 is 9.73 Å². The quantitative estimate of drug-likeness (QED) is 0.759. The van der Waals surface area contributed by atoms with E-state index in [1.54, 1.807) is 6.26 Å². The van der Waals surface area contributed by atoms with Gasteiger partial charge >= 0.3 is 0 Å². The highest BCUT2D eigenvalue weighted by molar-refractivity contribution is 9.10. The highest BCUT2D eigenvalue weighted by atomic mass is 79.9. The summed E-state index contributed by atoms with van der Waals surface area (Å²) in [5, 5.41) is 3.53.